The van der Waals surface area contributed by atoms with Crippen LogP contribution in [0, 0.1) is 0 Å². The molecule has 0 saturated heterocycles. The third-order valence-corrected chi connectivity index (χ3v) is 4.03. The van der Waals surface area contributed by atoms with Crippen molar-refractivity contribution in [2.75, 3.05) is 12.9 Å². The summed E-state index contributed by atoms with van der Waals surface area (Å²) >= 11 is 11.0. The van der Waals surface area contributed by atoms with Gasteiger partial charge >= 0.3 is 5.97 Å². The predicted molar refractivity (Wildman–Crippen MR) is 75.3 cm³/mol. The minimum Gasteiger partial charge on any atom is -0.468 e. The third-order valence-electron chi connectivity index (χ3n) is 2.07. The van der Waals surface area contributed by atoms with Crippen molar-refractivity contribution in [2.24, 2.45) is 5.73 Å². The van der Waals surface area contributed by atoms with Crippen molar-refractivity contribution in [3.05, 3.63) is 33.3 Å². The second-order valence-electron chi connectivity index (χ2n) is 3.38. The van der Waals surface area contributed by atoms with E-state index in [1.807, 2.05) is 18.2 Å². The van der Waals surface area contributed by atoms with Crippen LogP contribution in [-0.2, 0) is 15.3 Å². The number of halogens is 2. The summed E-state index contributed by atoms with van der Waals surface area (Å²) < 4.78 is 5.49. The lowest BCUT2D eigenvalue weighted by atomic mass is 10.2. The number of rotatable bonds is 5. The predicted octanol–water partition coefficient (Wildman–Crippen LogP) is 2.84. The Hall–Kier alpha value is -0.230. The van der Waals surface area contributed by atoms with Crippen LogP contribution in [0.1, 0.15) is 5.56 Å². The third kappa shape index (κ3) is 4.87. The lowest BCUT2D eigenvalue weighted by molar-refractivity contribution is -0.141. The Labute approximate surface area is 118 Å². The number of nitrogens with two attached hydrogens (primary N) is 1. The molecular formula is C11H13BrClNO2S. The summed E-state index contributed by atoms with van der Waals surface area (Å²) in [6.45, 7) is 0. The molecule has 0 aliphatic carbocycles. The van der Waals surface area contributed by atoms with E-state index in [4.69, 9.17) is 17.3 Å². The molecule has 94 valence electrons. The molecule has 0 spiro atoms. The van der Waals surface area contributed by atoms with Crippen molar-refractivity contribution in [1.82, 2.24) is 0 Å². The molecule has 2 N–H and O–H groups in total. The first-order chi connectivity index (χ1) is 8.04. The molecule has 3 nitrogen and oxygen atoms in total. The average Bonchev–Trinajstić information content (AvgIpc) is 2.30. The molecule has 0 fully saturated rings. The minimum absolute atomic E-state index is 0.389. The molecule has 0 heterocycles. The van der Waals surface area contributed by atoms with Gasteiger partial charge in [-0.1, -0.05) is 33.6 Å². The number of thioether (sulfide) groups is 1. The monoisotopic (exact) mass is 337 g/mol. The van der Waals surface area contributed by atoms with E-state index >= 15 is 0 Å². The number of methoxy groups -OCH3 is 1. The highest BCUT2D eigenvalue weighted by atomic mass is 79.9. The van der Waals surface area contributed by atoms with Crippen molar-refractivity contribution in [2.45, 2.75) is 11.8 Å². The van der Waals surface area contributed by atoms with Crippen LogP contribution in [0.4, 0.5) is 0 Å². The van der Waals surface area contributed by atoms with Crippen LogP contribution in [-0.4, -0.2) is 24.9 Å². The van der Waals surface area contributed by atoms with Gasteiger partial charge in [-0.2, -0.15) is 11.8 Å². The Bertz CT molecular complexity index is 403. The zero-order valence-electron chi connectivity index (χ0n) is 9.28. The first-order valence-electron chi connectivity index (χ1n) is 4.89. The Kier molecular flexibility index (Phi) is 6.33. The first-order valence-corrected chi connectivity index (χ1v) is 7.22. The van der Waals surface area contributed by atoms with E-state index in [0.717, 1.165) is 15.8 Å². The van der Waals surface area contributed by atoms with Gasteiger partial charge in [-0.25, -0.2) is 0 Å². The molecule has 0 aromatic heterocycles. The van der Waals surface area contributed by atoms with Crippen molar-refractivity contribution < 1.29 is 9.53 Å². The Morgan fingerprint density at radius 1 is 1.65 bits per heavy atom. The van der Waals surface area contributed by atoms with Gasteiger partial charge in [-0.05, 0) is 17.7 Å². The van der Waals surface area contributed by atoms with Crippen molar-refractivity contribution in [3.8, 4) is 0 Å². The number of ether oxygens (including phenoxy) is 1. The van der Waals surface area contributed by atoms with Crippen LogP contribution < -0.4 is 5.73 Å². The highest BCUT2D eigenvalue weighted by Crippen LogP contribution is 2.25. The Morgan fingerprint density at radius 3 is 2.94 bits per heavy atom. The average molecular weight is 339 g/mol. The lowest BCUT2D eigenvalue weighted by Gasteiger charge is -2.09. The molecule has 1 rings (SSSR count). The van der Waals surface area contributed by atoms with Crippen LogP contribution in [0.5, 0.6) is 0 Å². The maximum absolute atomic E-state index is 11.1. The quantitative estimate of drug-likeness (QED) is 0.839. The summed E-state index contributed by atoms with van der Waals surface area (Å²) in [6, 6.07) is 5.14. The molecule has 17 heavy (non-hydrogen) atoms. The fourth-order valence-corrected chi connectivity index (χ4v) is 2.95. The topological polar surface area (TPSA) is 52.3 Å². The lowest BCUT2D eigenvalue weighted by Crippen LogP contribution is -2.33. The Morgan fingerprint density at radius 2 is 2.35 bits per heavy atom. The molecule has 0 aliphatic rings. The number of hydrogen-bond acceptors (Lipinski definition) is 4. The van der Waals surface area contributed by atoms with Crippen molar-refractivity contribution >= 4 is 45.3 Å². The van der Waals surface area contributed by atoms with Gasteiger partial charge in [-0.3, -0.25) is 4.79 Å². The van der Waals surface area contributed by atoms with Crippen molar-refractivity contribution in [1.29, 1.82) is 0 Å². The number of carbonyl (C=O) groups is 1. The van der Waals surface area contributed by atoms with Gasteiger partial charge in [-0.15, -0.1) is 0 Å². The van der Waals surface area contributed by atoms with Crippen molar-refractivity contribution in [3.63, 3.8) is 0 Å². The van der Waals surface area contributed by atoms with Crippen LogP contribution in [0.15, 0.2) is 22.7 Å². The summed E-state index contributed by atoms with van der Waals surface area (Å²) in [5.41, 5.74) is 6.64. The van der Waals surface area contributed by atoms with Gasteiger partial charge in [0.25, 0.3) is 0 Å². The molecule has 0 bridgehead atoms. The molecule has 1 atom stereocenters. The van der Waals surface area contributed by atoms with Crippen LogP contribution in [0.2, 0.25) is 5.02 Å². The molecule has 0 radical (unpaired) electrons. The highest BCUT2D eigenvalue weighted by molar-refractivity contribution is 9.10. The van der Waals surface area contributed by atoms with E-state index in [1.54, 1.807) is 11.8 Å². The van der Waals surface area contributed by atoms with Crippen LogP contribution >= 0.6 is 39.3 Å². The molecular weight excluding hydrogens is 326 g/mol. The zero-order chi connectivity index (χ0) is 12.8. The maximum Gasteiger partial charge on any atom is 0.323 e. The van der Waals surface area contributed by atoms with Gasteiger partial charge in [0.2, 0.25) is 0 Å². The largest absolute Gasteiger partial charge is 0.468 e. The molecule has 0 aliphatic heterocycles. The van der Waals surface area contributed by atoms with E-state index < -0.39 is 6.04 Å². The molecule has 0 amide bonds. The standard InChI is InChI=1S/C11H13BrClNO2S/c1-16-11(15)10(14)6-17-5-7-2-3-8(12)4-9(7)13/h2-4,10H,5-6,14H2,1H3. The van der Waals surface area contributed by atoms with Gasteiger partial charge in [0.1, 0.15) is 6.04 Å². The van der Waals surface area contributed by atoms with Gasteiger partial charge < -0.3 is 10.5 Å². The number of esters is 1. The van der Waals surface area contributed by atoms with Crippen LogP contribution in [0.25, 0.3) is 0 Å². The van der Waals surface area contributed by atoms with Crippen LogP contribution in [0.3, 0.4) is 0 Å². The summed E-state index contributed by atoms with van der Waals surface area (Å²) in [5, 5.41) is 0.707. The Balaban J connectivity index is 2.43. The fourth-order valence-electron chi connectivity index (χ4n) is 1.15. The summed E-state index contributed by atoms with van der Waals surface area (Å²) in [5.74, 6) is 0.843. The number of benzene rings is 1. The number of carbonyl (C=O) groups excluding carboxylic acids is 1. The van der Waals surface area contributed by atoms with E-state index in [2.05, 4.69) is 20.7 Å². The van der Waals surface area contributed by atoms with Gasteiger partial charge in [0, 0.05) is 21.0 Å². The maximum atomic E-state index is 11.1. The highest BCUT2D eigenvalue weighted by Gasteiger charge is 2.13. The number of hydrogen-bond donors (Lipinski definition) is 1. The molecule has 6 heteroatoms. The van der Waals surface area contributed by atoms with E-state index in [-0.39, 0.29) is 5.97 Å². The SMILES string of the molecule is COC(=O)C(N)CSCc1ccc(Br)cc1Cl. The normalized spacial score (nSPS) is 12.2. The van der Waals surface area contributed by atoms with E-state index in [9.17, 15) is 4.79 Å². The molecule has 1 aromatic carbocycles. The van der Waals surface area contributed by atoms with Gasteiger partial charge in [0.05, 0.1) is 7.11 Å². The molecule has 1 aromatic rings. The summed E-state index contributed by atoms with van der Waals surface area (Å²) in [6.07, 6.45) is 0. The van der Waals surface area contributed by atoms with Gasteiger partial charge in [0.15, 0.2) is 0 Å². The first kappa shape index (κ1) is 14.8. The zero-order valence-corrected chi connectivity index (χ0v) is 12.4. The second-order valence-corrected chi connectivity index (χ2v) is 5.73. The minimum atomic E-state index is -0.584. The smallest absolute Gasteiger partial charge is 0.323 e. The second kappa shape index (κ2) is 7.26. The summed E-state index contributed by atoms with van der Waals surface area (Å²) in [7, 11) is 1.33. The molecule has 1 unspecified atom stereocenters. The fraction of sp³-hybridized carbons (Fsp3) is 0.364. The summed E-state index contributed by atoms with van der Waals surface area (Å²) in [4.78, 5) is 11.1. The molecule has 0 saturated carbocycles. The van der Waals surface area contributed by atoms with E-state index in [1.165, 1.54) is 7.11 Å². The van der Waals surface area contributed by atoms with E-state index in [0.29, 0.717) is 10.8 Å².